The molecule has 0 aromatic carbocycles. The lowest BCUT2D eigenvalue weighted by Gasteiger charge is -2.37. The predicted molar refractivity (Wildman–Crippen MR) is 240 cm³/mol. The van der Waals surface area contributed by atoms with Crippen LogP contribution in [-0.2, 0) is 0 Å². The van der Waals surface area contributed by atoms with Gasteiger partial charge in [-0.2, -0.15) is 0 Å². The van der Waals surface area contributed by atoms with Gasteiger partial charge in [0.1, 0.15) is 0 Å². The molecule has 13 rings (SSSR count). The van der Waals surface area contributed by atoms with Crippen LogP contribution in [0.5, 0.6) is 0 Å². The fraction of sp³-hybridized carbons (Fsp3) is 0.875. The van der Waals surface area contributed by atoms with Gasteiger partial charge >= 0.3 is 36.2 Å². The van der Waals surface area contributed by atoms with Crippen LogP contribution in [-0.4, -0.2) is 207 Å². The Hall–Kier alpha value is -4.38. The van der Waals surface area contributed by atoms with Crippen LogP contribution in [0.3, 0.4) is 0 Å². The SMILES string of the molecule is O=C1N2CN3C(=O)N(CN4C(=O)N(CN5C(=O)N(CN6C(=O)N(CN7C(=O)N(CN1[C@@H]1CCCC[C@H]12)[C@@H]1CCCC[C@H]17)[C@@H]1CCCC[C@H]16)[C@@H]1CCCC[C@H]15)[C@@H]1CCCC[C@H]14)[C@@H]1CCCC[C@H]13. The molecular weight excluding hydrogens is 841 g/mol. The van der Waals surface area contributed by atoms with Crippen LogP contribution in [0.1, 0.15) is 154 Å². The zero-order valence-electron chi connectivity index (χ0n) is 39.0. The van der Waals surface area contributed by atoms with E-state index in [1.165, 1.54) is 0 Å². The first kappa shape index (κ1) is 41.8. The Morgan fingerprint density at radius 2 is 0.273 bits per heavy atom. The summed E-state index contributed by atoms with van der Waals surface area (Å²) in [6.07, 6.45) is 22.7. The molecule has 18 nitrogen and oxygen atoms in total. The number of nitrogens with zero attached hydrogens (tertiary/aromatic N) is 12. The van der Waals surface area contributed by atoms with Gasteiger partial charge in [-0.25, -0.2) is 28.8 Å². The van der Waals surface area contributed by atoms with Crippen molar-refractivity contribution in [3.63, 3.8) is 0 Å². The lowest BCUT2D eigenvalue weighted by atomic mass is 9.89. The second-order valence-electron chi connectivity index (χ2n) is 22.7. The summed E-state index contributed by atoms with van der Waals surface area (Å²) in [5, 5.41) is 0. The molecule has 13 fully saturated rings. The molecule has 6 saturated carbocycles. The zero-order valence-corrected chi connectivity index (χ0v) is 39.0. The number of fused-ring (bicyclic) bond motifs is 30. The van der Waals surface area contributed by atoms with Crippen LogP contribution < -0.4 is 0 Å². The fourth-order valence-electron chi connectivity index (χ4n) is 16.6. The maximum atomic E-state index is 15.0. The summed E-state index contributed by atoms with van der Waals surface area (Å²) >= 11 is 0. The van der Waals surface area contributed by atoms with E-state index in [1.54, 1.807) is 0 Å². The van der Waals surface area contributed by atoms with Crippen molar-refractivity contribution in [1.82, 2.24) is 58.8 Å². The van der Waals surface area contributed by atoms with Gasteiger partial charge in [-0.15, -0.1) is 0 Å². The van der Waals surface area contributed by atoms with Crippen LogP contribution in [0.2, 0.25) is 0 Å². The third kappa shape index (κ3) is 6.21. The van der Waals surface area contributed by atoms with Crippen molar-refractivity contribution in [2.75, 3.05) is 40.0 Å². The predicted octanol–water partition coefficient (Wildman–Crippen LogP) is 6.04. The Morgan fingerprint density at radius 3 is 0.364 bits per heavy atom. The van der Waals surface area contributed by atoms with E-state index in [9.17, 15) is 0 Å². The van der Waals surface area contributed by atoms with Crippen LogP contribution in [0.25, 0.3) is 0 Å². The van der Waals surface area contributed by atoms with Gasteiger partial charge in [-0.1, -0.05) is 77.0 Å². The molecule has 0 aromatic heterocycles. The van der Waals surface area contributed by atoms with E-state index in [1.807, 2.05) is 58.8 Å². The Bertz CT molecular complexity index is 1530. The number of carbonyl (C=O) groups is 6. The first-order valence-corrected chi connectivity index (χ1v) is 26.7. The molecule has 12 amide bonds. The van der Waals surface area contributed by atoms with E-state index in [4.69, 9.17) is 0 Å². The third-order valence-electron chi connectivity index (χ3n) is 19.7. The second-order valence-corrected chi connectivity index (χ2v) is 22.7. The number of urea groups is 6. The van der Waals surface area contributed by atoms with E-state index < -0.39 is 0 Å². The summed E-state index contributed by atoms with van der Waals surface area (Å²) in [6, 6.07) is -0.991. The van der Waals surface area contributed by atoms with Crippen molar-refractivity contribution in [3.05, 3.63) is 0 Å². The summed E-state index contributed by atoms with van der Waals surface area (Å²) in [6.45, 7) is 1.32. The Balaban J connectivity index is 0.880. The highest BCUT2D eigenvalue weighted by atomic mass is 16.2. The molecule has 7 saturated heterocycles. The highest BCUT2D eigenvalue weighted by Gasteiger charge is 2.59. The van der Waals surface area contributed by atoms with Gasteiger partial charge in [-0.3, -0.25) is 0 Å². The molecule has 6 aliphatic carbocycles. The minimum absolute atomic E-state index is 0.0405. The highest BCUT2D eigenvalue weighted by molar-refractivity contribution is 5.85. The minimum Gasteiger partial charge on any atom is -0.302 e. The Labute approximate surface area is 389 Å². The molecule has 12 bridgehead atoms. The van der Waals surface area contributed by atoms with Gasteiger partial charge in [-0.05, 0) is 77.0 Å². The van der Waals surface area contributed by atoms with Crippen molar-refractivity contribution in [2.45, 2.75) is 227 Å². The van der Waals surface area contributed by atoms with E-state index in [2.05, 4.69) is 0 Å². The molecular formula is C48H72N12O6. The summed E-state index contributed by atoms with van der Waals surface area (Å²) in [5.74, 6) is 0. The molecule has 18 heteroatoms. The van der Waals surface area contributed by atoms with Gasteiger partial charge in [0.25, 0.3) is 0 Å². The van der Waals surface area contributed by atoms with Crippen LogP contribution in [0.4, 0.5) is 28.8 Å². The molecule has 0 unspecified atom stereocenters. The zero-order chi connectivity index (χ0) is 44.5. The van der Waals surface area contributed by atoms with Crippen molar-refractivity contribution in [1.29, 1.82) is 0 Å². The van der Waals surface area contributed by atoms with E-state index >= 15 is 28.8 Å². The largest absolute Gasteiger partial charge is 0.323 e. The quantitative estimate of drug-likeness (QED) is 0.291. The smallest absolute Gasteiger partial charge is 0.302 e. The topological polar surface area (TPSA) is 141 Å². The van der Waals surface area contributed by atoms with Gasteiger partial charge < -0.3 is 58.8 Å². The Morgan fingerprint density at radius 1 is 0.182 bits per heavy atom. The summed E-state index contributed by atoms with van der Waals surface area (Å²) in [7, 11) is 0. The molecule has 13 aliphatic rings. The fourth-order valence-corrected chi connectivity index (χ4v) is 16.6. The number of carbonyl (C=O) groups excluding carboxylic acids is 6. The average Bonchev–Trinajstić information content (AvgIpc) is 4.10. The van der Waals surface area contributed by atoms with Crippen molar-refractivity contribution in [2.24, 2.45) is 0 Å². The lowest BCUT2D eigenvalue weighted by Crippen LogP contribution is -2.50. The molecule has 0 aromatic rings. The molecule has 12 atom stereocenters. The normalized spacial score (nSPS) is 40.5. The van der Waals surface area contributed by atoms with Gasteiger partial charge in [0.05, 0.1) is 113 Å². The van der Waals surface area contributed by atoms with Crippen molar-refractivity contribution < 1.29 is 28.8 Å². The number of rotatable bonds is 0. The summed E-state index contributed by atoms with van der Waals surface area (Å²) < 4.78 is 0. The molecule has 360 valence electrons. The molecule has 7 heterocycles. The van der Waals surface area contributed by atoms with Crippen LogP contribution in [0.15, 0.2) is 0 Å². The maximum absolute atomic E-state index is 15.0. The van der Waals surface area contributed by atoms with Gasteiger partial charge in [0.15, 0.2) is 0 Å². The lowest BCUT2D eigenvalue weighted by molar-refractivity contribution is 0.110. The number of amides is 12. The van der Waals surface area contributed by atoms with Crippen molar-refractivity contribution >= 4 is 36.2 Å². The number of hydrogen-bond donors (Lipinski definition) is 0. The summed E-state index contributed by atoms with van der Waals surface area (Å²) in [4.78, 5) is 114. The molecule has 0 radical (unpaired) electrons. The standard InChI is InChI=1S/C48H72N12O6/c61-43-49-25-51-33-15-3-4-16-34(33)53(44(51)62)27-55-37-19-7-8-20-38(37)57(46(55)64)29-59-41-23-11-12-24-42(41)60(48(59)66)30-58-40-22-10-9-21-39(40)56(47(58)65)28-54-36-18-6-5-17-35(36)52(45(54)63)26-50(43)32-14-2-1-13-31(32)49/h31-42H,1-30H2/t31-,32-,33-,34-,35-,36-,37-,38-,39-,40-,41-,42-/m1/s1. The molecule has 0 N–H and O–H groups in total. The van der Waals surface area contributed by atoms with Crippen LogP contribution in [0, 0.1) is 0 Å². The molecule has 7 aliphatic heterocycles. The molecule has 0 spiro atoms. The minimum atomic E-state index is -0.0841. The van der Waals surface area contributed by atoms with Crippen molar-refractivity contribution in [3.8, 4) is 0 Å². The van der Waals surface area contributed by atoms with Gasteiger partial charge in [0, 0.05) is 0 Å². The second kappa shape index (κ2) is 16.1. The first-order chi connectivity index (χ1) is 32.3. The van der Waals surface area contributed by atoms with E-state index in [-0.39, 0.29) is 149 Å². The summed E-state index contributed by atoms with van der Waals surface area (Å²) in [5.41, 5.74) is 0. The maximum Gasteiger partial charge on any atom is 0.323 e. The molecule has 66 heavy (non-hydrogen) atoms. The third-order valence-corrected chi connectivity index (χ3v) is 19.7. The van der Waals surface area contributed by atoms with Crippen LogP contribution >= 0.6 is 0 Å². The first-order valence-electron chi connectivity index (χ1n) is 26.7. The monoisotopic (exact) mass is 913 g/mol. The van der Waals surface area contributed by atoms with Gasteiger partial charge in [0.2, 0.25) is 0 Å². The van der Waals surface area contributed by atoms with E-state index in [0.717, 1.165) is 154 Å². The van der Waals surface area contributed by atoms with E-state index in [0.29, 0.717) is 0 Å². The number of hydrogen-bond acceptors (Lipinski definition) is 6. The highest BCUT2D eigenvalue weighted by Crippen LogP contribution is 2.45. The Kier molecular flexibility index (Phi) is 10.2. The average molecular weight is 913 g/mol.